The van der Waals surface area contributed by atoms with Crippen LogP contribution in [0.4, 0.5) is 15.9 Å². The molecule has 2 N–H and O–H groups in total. The van der Waals surface area contributed by atoms with Crippen molar-refractivity contribution in [1.82, 2.24) is 15.3 Å². The van der Waals surface area contributed by atoms with Crippen LogP contribution >= 0.6 is 24.0 Å². The lowest BCUT2D eigenvalue weighted by Gasteiger charge is -2.12. The first kappa shape index (κ1) is 30.3. The molecule has 5 aromatic rings. The van der Waals surface area contributed by atoms with Gasteiger partial charge in [0, 0.05) is 29.4 Å². The van der Waals surface area contributed by atoms with Crippen molar-refractivity contribution in [3.05, 3.63) is 101 Å². The highest BCUT2D eigenvalue weighted by Crippen LogP contribution is 2.32. The van der Waals surface area contributed by atoms with Gasteiger partial charge in [-0.25, -0.2) is 22.8 Å². The fraction of sp³-hybridized carbons (Fsp3) is 0.172. The van der Waals surface area contributed by atoms with Gasteiger partial charge in [-0.2, -0.15) is 0 Å². The molecule has 2 aromatic heterocycles. The van der Waals surface area contributed by atoms with E-state index in [1.165, 1.54) is 24.7 Å². The van der Waals surface area contributed by atoms with Crippen LogP contribution in [-0.2, 0) is 23.0 Å². The van der Waals surface area contributed by atoms with Crippen LogP contribution in [0.1, 0.15) is 11.3 Å². The summed E-state index contributed by atoms with van der Waals surface area (Å²) in [5, 5.41) is 7.56. The zero-order valence-electron chi connectivity index (χ0n) is 21.9. The van der Waals surface area contributed by atoms with Gasteiger partial charge in [0.05, 0.1) is 22.8 Å². The van der Waals surface area contributed by atoms with E-state index < -0.39 is 9.84 Å². The third-order valence-electron chi connectivity index (χ3n) is 6.01. The maximum atomic E-state index is 13.4. The summed E-state index contributed by atoms with van der Waals surface area (Å²) < 4.78 is 47.8. The van der Waals surface area contributed by atoms with E-state index in [1.54, 1.807) is 24.3 Å². The van der Waals surface area contributed by atoms with E-state index in [-0.39, 0.29) is 30.6 Å². The number of sulfone groups is 1. The van der Waals surface area contributed by atoms with Crippen LogP contribution in [0.2, 0.25) is 5.02 Å². The van der Waals surface area contributed by atoms with E-state index in [0.717, 1.165) is 16.5 Å². The lowest BCUT2D eigenvalue weighted by atomic mass is 10.1. The number of ether oxygens (including phenoxy) is 1. The summed E-state index contributed by atoms with van der Waals surface area (Å²) in [6, 6.07) is 21.0. The fourth-order valence-corrected chi connectivity index (χ4v) is 4.78. The predicted molar refractivity (Wildman–Crippen MR) is 161 cm³/mol. The van der Waals surface area contributed by atoms with Crippen LogP contribution in [0.3, 0.4) is 0 Å². The molecule has 0 radical (unpaired) electrons. The second-order valence-electron chi connectivity index (χ2n) is 9.22. The Morgan fingerprint density at radius 3 is 2.66 bits per heavy atom. The molecular formula is C29H27Cl2FN4O4S. The number of benzene rings is 3. The molecule has 5 rings (SSSR count). The molecule has 3 aromatic carbocycles. The number of hydrogen-bond donors (Lipinski definition) is 2. The molecule has 214 valence electrons. The SMILES string of the molecule is CS(=O)(=O)CCNCc1ccc(-c2ccc3ncnc(Nc4ccc(OCc5cccc(F)c5)c(Cl)c4)c3c2)o1.Cl. The number of halogens is 3. The molecule has 41 heavy (non-hydrogen) atoms. The summed E-state index contributed by atoms with van der Waals surface area (Å²) in [6.07, 6.45) is 2.69. The predicted octanol–water partition coefficient (Wildman–Crippen LogP) is 6.56. The summed E-state index contributed by atoms with van der Waals surface area (Å²) >= 11 is 6.47. The van der Waals surface area contributed by atoms with Crippen LogP contribution in [0.5, 0.6) is 5.75 Å². The Morgan fingerprint density at radius 1 is 1.02 bits per heavy atom. The molecule has 0 saturated heterocycles. The third-order valence-corrected chi connectivity index (χ3v) is 7.25. The van der Waals surface area contributed by atoms with Crippen LogP contribution in [0.25, 0.3) is 22.2 Å². The molecule has 0 unspecified atom stereocenters. The number of nitrogens with zero attached hydrogens (tertiary/aromatic N) is 2. The van der Waals surface area contributed by atoms with Gasteiger partial charge in [0.1, 0.15) is 51.7 Å². The molecule has 0 fully saturated rings. The second kappa shape index (κ2) is 13.3. The number of fused-ring (bicyclic) bond motifs is 1. The van der Waals surface area contributed by atoms with Crippen molar-refractivity contribution in [1.29, 1.82) is 0 Å². The van der Waals surface area contributed by atoms with E-state index in [1.807, 2.05) is 36.4 Å². The van der Waals surface area contributed by atoms with Crippen molar-refractivity contribution in [3.8, 4) is 17.1 Å². The lowest BCUT2D eigenvalue weighted by Crippen LogP contribution is -2.21. The molecule has 0 aliphatic carbocycles. The second-order valence-corrected chi connectivity index (χ2v) is 11.9. The number of anilines is 2. The number of aromatic nitrogens is 2. The zero-order chi connectivity index (χ0) is 28.1. The van der Waals surface area contributed by atoms with Gasteiger partial charge in [-0.1, -0.05) is 23.7 Å². The number of nitrogens with one attached hydrogen (secondary N) is 2. The Bertz CT molecular complexity index is 1770. The Kier molecular flexibility index (Phi) is 9.82. The number of hydrogen-bond acceptors (Lipinski definition) is 8. The van der Waals surface area contributed by atoms with Gasteiger partial charge in [-0.3, -0.25) is 0 Å². The summed E-state index contributed by atoms with van der Waals surface area (Å²) in [7, 11) is -3.02. The maximum absolute atomic E-state index is 13.4. The largest absolute Gasteiger partial charge is 0.487 e. The van der Waals surface area contributed by atoms with Gasteiger partial charge in [-0.15, -0.1) is 12.4 Å². The average molecular weight is 618 g/mol. The number of rotatable bonds is 11. The smallest absolute Gasteiger partial charge is 0.148 e. The molecule has 0 aliphatic heterocycles. The van der Waals surface area contributed by atoms with Crippen LogP contribution in [-0.4, -0.2) is 36.9 Å². The maximum Gasteiger partial charge on any atom is 0.148 e. The van der Waals surface area contributed by atoms with Crippen molar-refractivity contribution >= 4 is 56.3 Å². The summed E-state index contributed by atoms with van der Waals surface area (Å²) in [4.78, 5) is 8.80. The Morgan fingerprint density at radius 2 is 1.88 bits per heavy atom. The first-order valence-corrected chi connectivity index (χ1v) is 14.8. The lowest BCUT2D eigenvalue weighted by molar-refractivity contribution is 0.306. The molecule has 0 saturated carbocycles. The van der Waals surface area contributed by atoms with Crippen LogP contribution in [0, 0.1) is 5.82 Å². The Labute approximate surface area is 248 Å². The van der Waals surface area contributed by atoms with Crippen molar-refractivity contribution < 1.29 is 22.0 Å². The molecular weight excluding hydrogens is 590 g/mol. The Balaban J connectivity index is 0.00000387. The standard InChI is InChI=1S/C29H26ClFN4O4S.ClH/c1-40(36,37)12-11-32-16-23-7-10-27(39-23)20-5-8-26-24(14-20)29(34-18-33-26)35-22-6-9-28(25(30)15-22)38-17-19-3-2-4-21(31)13-19;/h2-10,13-15,18,32H,11-12,16-17H2,1H3,(H,33,34,35);1H. The van der Waals surface area contributed by atoms with Crippen LogP contribution < -0.4 is 15.4 Å². The highest BCUT2D eigenvalue weighted by molar-refractivity contribution is 7.90. The van der Waals surface area contributed by atoms with E-state index in [9.17, 15) is 12.8 Å². The molecule has 0 spiro atoms. The first-order valence-electron chi connectivity index (χ1n) is 12.4. The summed E-state index contributed by atoms with van der Waals surface area (Å²) in [6.45, 7) is 0.956. The van der Waals surface area contributed by atoms with E-state index in [4.69, 9.17) is 20.8 Å². The van der Waals surface area contributed by atoms with Gasteiger partial charge in [-0.05, 0) is 66.2 Å². The van der Waals surface area contributed by atoms with Gasteiger partial charge in [0.25, 0.3) is 0 Å². The quantitative estimate of drug-likeness (QED) is 0.161. The minimum Gasteiger partial charge on any atom is -0.487 e. The topological polar surface area (TPSA) is 106 Å². The molecule has 0 amide bonds. The third kappa shape index (κ3) is 8.17. The molecule has 0 aliphatic rings. The van der Waals surface area contributed by atoms with Gasteiger partial charge in [0.2, 0.25) is 0 Å². The normalized spacial score (nSPS) is 11.3. The van der Waals surface area contributed by atoms with E-state index >= 15 is 0 Å². The summed E-state index contributed by atoms with van der Waals surface area (Å²) in [5.74, 6) is 2.17. The molecule has 0 atom stereocenters. The van der Waals surface area contributed by atoms with Crippen LogP contribution in [0.15, 0.2) is 83.5 Å². The minimum absolute atomic E-state index is 0. The fourth-order valence-electron chi connectivity index (χ4n) is 4.03. The highest BCUT2D eigenvalue weighted by Gasteiger charge is 2.11. The molecule has 12 heteroatoms. The zero-order valence-corrected chi connectivity index (χ0v) is 24.3. The van der Waals surface area contributed by atoms with Gasteiger partial charge >= 0.3 is 0 Å². The van der Waals surface area contributed by atoms with E-state index in [0.29, 0.717) is 52.5 Å². The molecule has 8 nitrogen and oxygen atoms in total. The molecule has 2 heterocycles. The van der Waals surface area contributed by atoms with Gasteiger partial charge < -0.3 is 19.8 Å². The van der Waals surface area contributed by atoms with Crippen molar-refractivity contribution in [2.24, 2.45) is 0 Å². The first-order chi connectivity index (χ1) is 19.2. The molecule has 0 bridgehead atoms. The van der Waals surface area contributed by atoms with Gasteiger partial charge in [0.15, 0.2) is 0 Å². The van der Waals surface area contributed by atoms with Crippen molar-refractivity contribution in [2.45, 2.75) is 13.2 Å². The number of furan rings is 1. The Hall–Kier alpha value is -3.70. The minimum atomic E-state index is -3.02. The summed E-state index contributed by atoms with van der Waals surface area (Å²) in [5.41, 5.74) is 2.99. The monoisotopic (exact) mass is 616 g/mol. The highest BCUT2D eigenvalue weighted by atomic mass is 35.5. The average Bonchev–Trinajstić information content (AvgIpc) is 3.39. The van der Waals surface area contributed by atoms with E-state index in [2.05, 4.69) is 20.6 Å². The van der Waals surface area contributed by atoms with Crippen molar-refractivity contribution in [2.75, 3.05) is 23.9 Å². The van der Waals surface area contributed by atoms with Crippen molar-refractivity contribution in [3.63, 3.8) is 0 Å².